The van der Waals surface area contributed by atoms with E-state index in [2.05, 4.69) is 45.4 Å². The number of aliphatic imine (C=N–C) groups is 1. The summed E-state index contributed by atoms with van der Waals surface area (Å²) < 4.78 is 17.2. The summed E-state index contributed by atoms with van der Waals surface area (Å²) in [6, 6.07) is 3.94. The van der Waals surface area contributed by atoms with Crippen molar-refractivity contribution in [1.29, 1.82) is 0 Å². The van der Waals surface area contributed by atoms with Gasteiger partial charge >= 0.3 is 0 Å². The lowest BCUT2D eigenvalue weighted by Gasteiger charge is -2.13. The number of unbranched alkanes of at least 4 members (excludes halogenated alkanes) is 1. The predicted octanol–water partition coefficient (Wildman–Crippen LogP) is 4.35. The van der Waals surface area contributed by atoms with Gasteiger partial charge in [0.05, 0.1) is 25.2 Å². The smallest absolute Gasteiger partial charge is 0.191 e. The van der Waals surface area contributed by atoms with Crippen molar-refractivity contribution < 1.29 is 14.2 Å². The first-order valence-corrected chi connectivity index (χ1v) is 9.95. The summed E-state index contributed by atoms with van der Waals surface area (Å²) in [7, 11) is 3.26. The maximum Gasteiger partial charge on any atom is 0.191 e. The summed E-state index contributed by atoms with van der Waals surface area (Å²) in [5.74, 6) is 2.18. The molecule has 1 rings (SSSR count). The van der Waals surface area contributed by atoms with Gasteiger partial charge in [-0.3, -0.25) is 0 Å². The van der Waals surface area contributed by atoms with Gasteiger partial charge in [-0.15, -0.1) is 24.0 Å². The Morgan fingerprint density at radius 3 is 2.44 bits per heavy atom. The highest BCUT2D eigenvalue weighted by Crippen LogP contribution is 2.36. The molecule has 0 atom stereocenters. The SMILES string of the molecule is CCCCOCCCNC(=NCc1cc(Br)c(OC)c(OC)c1)NCC.I. The molecule has 0 aliphatic heterocycles. The zero-order valence-corrected chi connectivity index (χ0v) is 20.7. The third-order valence-electron chi connectivity index (χ3n) is 3.66. The largest absolute Gasteiger partial charge is 0.493 e. The average Bonchev–Trinajstić information content (AvgIpc) is 2.64. The summed E-state index contributed by atoms with van der Waals surface area (Å²) in [5.41, 5.74) is 1.04. The van der Waals surface area contributed by atoms with Crippen LogP contribution in [0.3, 0.4) is 0 Å². The molecule has 8 heteroatoms. The molecule has 0 aliphatic rings. The van der Waals surface area contributed by atoms with Crippen molar-refractivity contribution in [1.82, 2.24) is 10.6 Å². The van der Waals surface area contributed by atoms with E-state index in [4.69, 9.17) is 14.2 Å². The van der Waals surface area contributed by atoms with Crippen molar-refractivity contribution in [3.8, 4) is 11.5 Å². The van der Waals surface area contributed by atoms with E-state index in [9.17, 15) is 0 Å². The first kappa shape index (κ1) is 26.3. The molecular formula is C19H33BrIN3O3. The number of rotatable bonds is 12. The van der Waals surface area contributed by atoms with E-state index in [1.54, 1.807) is 14.2 Å². The molecule has 0 heterocycles. The molecule has 0 bridgehead atoms. The highest BCUT2D eigenvalue weighted by Gasteiger charge is 2.10. The summed E-state index contributed by atoms with van der Waals surface area (Å²) in [6.07, 6.45) is 3.25. The van der Waals surface area contributed by atoms with Gasteiger partial charge in [-0.2, -0.15) is 0 Å². The van der Waals surface area contributed by atoms with Crippen molar-refractivity contribution in [3.63, 3.8) is 0 Å². The zero-order chi connectivity index (χ0) is 19.2. The molecule has 6 nitrogen and oxygen atoms in total. The summed E-state index contributed by atoms with van der Waals surface area (Å²) in [6.45, 7) is 8.02. The third kappa shape index (κ3) is 10.4. The summed E-state index contributed by atoms with van der Waals surface area (Å²) >= 11 is 3.52. The molecule has 156 valence electrons. The van der Waals surface area contributed by atoms with Crippen molar-refractivity contribution >= 4 is 45.9 Å². The molecule has 2 N–H and O–H groups in total. The Kier molecular flexibility index (Phi) is 15.8. The Hall–Kier alpha value is -0.740. The molecule has 0 amide bonds. The van der Waals surface area contributed by atoms with Crippen LogP contribution in [0.2, 0.25) is 0 Å². The maximum absolute atomic E-state index is 5.57. The molecule has 0 aromatic heterocycles. The molecule has 1 aromatic rings. The van der Waals surface area contributed by atoms with Crippen LogP contribution < -0.4 is 20.1 Å². The standard InChI is InChI=1S/C19H32BrN3O3.HI/c1-5-7-10-26-11-8-9-22-19(21-6-2)23-14-15-12-16(20)18(25-4)17(13-15)24-3;/h12-13H,5-11,14H2,1-4H3,(H2,21,22,23);1H. The van der Waals surface area contributed by atoms with Crippen LogP contribution in [0.15, 0.2) is 21.6 Å². The minimum Gasteiger partial charge on any atom is -0.493 e. The number of hydrogen-bond donors (Lipinski definition) is 2. The molecule has 1 aromatic carbocycles. The van der Waals surface area contributed by atoms with Crippen LogP contribution in [0.5, 0.6) is 11.5 Å². The fourth-order valence-corrected chi connectivity index (χ4v) is 2.96. The Labute approximate surface area is 189 Å². The molecule has 0 radical (unpaired) electrons. The van der Waals surface area contributed by atoms with Gasteiger partial charge in [0.15, 0.2) is 17.5 Å². The number of nitrogens with one attached hydrogen (secondary N) is 2. The normalized spacial score (nSPS) is 10.9. The van der Waals surface area contributed by atoms with Gasteiger partial charge in [-0.25, -0.2) is 4.99 Å². The minimum atomic E-state index is 0. The van der Waals surface area contributed by atoms with Gasteiger partial charge in [0, 0.05) is 26.3 Å². The van der Waals surface area contributed by atoms with E-state index in [0.29, 0.717) is 18.0 Å². The number of methoxy groups -OCH3 is 2. The number of ether oxygens (including phenoxy) is 3. The second kappa shape index (κ2) is 16.2. The Morgan fingerprint density at radius 1 is 1.07 bits per heavy atom. The van der Waals surface area contributed by atoms with Crippen LogP contribution in [0.1, 0.15) is 38.7 Å². The van der Waals surface area contributed by atoms with E-state index in [1.165, 1.54) is 6.42 Å². The Morgan fingerprint density at radius 2 is 1.81 bits per heavy atom. The first-order chi connectivity index (χ1) is 12.7. The van der Waals surface area contributed by atoms with Crippen LogP contribution in [-0.2, 0) is 11.3 Å². The molecule has 0 spiro atoms. The number of guanidine groups is 1. The second-order valence-corrected chi connectivity index (χ2v) is 6.61. The Balaban J connectivity index is 0.00000676. The first-order valence-electron chi connectivity index (χ1n) is 9.16. The fraction of sp³-hybridized carbons (Fsp3) is 0.632. The molecule has 0 aliphatic carbocycles. The van der Waals surface area contributed by atoms with Crippen LogP contribution in [0.25, 0.3) is 0 Å². The van der Waals surface area contributed by atoms with Gasteiger partial charge < -0.3 is 24.8 Å². The van der Waals surface area contributed by atoms with Gasteiger partial charge in [0.1, 0.15) is 0 Å². The van der Waals surface area contributed by atoms with Gasteiger partial charge in [-0.05, 0) is 53.4 Å². The molecule has 0 unspecified atom stereocenters. The average molecular weight is 558 g/mol. The number of halogens is 2. The maximum atomic E-state index is 5.57. The van der Waals surface area contributed by atoms with Gasteiger partial charge in [0.2, 0.25) is 0 Å². The molecular weight excluding hydrogens is 525 g/mol. The highest BCUT2D eigenvalue weighted by atomic mass is 127. The van der Waals surface area contributed by atoms with Crippen LogP contribution >= 0.6 is 39.9 Å². The minimum absolute atomic E-state index is 0. The van der Waals surface area contributed by atoms with Crippen LogP contribution in [0.4, 0.5) is 0 Å². The van der Waals surface area contributed by atoms with E-state index < -0.39 is 0 Å². The van der Waals surface area contributed by atoms with Crippen molar-refractivity contribution in [2.75, 3.05) is 40.5 Å². The number of nitrogens with zero attached hydrogens (tertiary/aromatic N) is 1. The van der Waals surface area contributed by atoms with Crippen molar-refractivity contribution in [2.45, 2.75) is 39.7 Å². The molecule has 27 heavy (non-hydrogen) atoms. The quantitative estimate of drug-likeness (QED) is 0.173. The topological polar surface area (TPSA) is 64.1 Å². The van der Waals surface area contributed by atoms with Crippen molar-refractivity contribution in [2.24, 2.45) is 4.99 Å². The highest BCUT2D eigenvalue weighted by molar-refractivity contribution is 14.0. The lowest BCUT2D eigenvalue weighted by atomic mass is 10.2. The molecule has 0 saturated heterocycles. The fourth-order valence-electron chi connectivity index (χ4n) is 2.30. The lowest BCUT2D eigenvalue weighted by Crippen LogP contribution is -2.38. The van der Waals surface area contributed by atoms with E-state index in [1.807, 2.05) is 12.1 Å². The monoisotopic (exact) mass is 557 g/mol. The second-order valence-electron chi connectivity index (χ2n) is 5.75. The number of benzene rings is 1. The van der Waals surface area contributed by atoms with Gasteiger partial charge in [-0.1, -0.05) is 13.3 Å². The predicted molar refractivity (Wildman–Crippen MR) is 126 cm³/mol. The molecule has 0 fully saturated rings. The van der Waals surface area contributed by atoms with Gasteiger partial charge in [0.25, 0.3) is 0 Å². The van der Waals surface area contributed by atoms with E-state index in [0.717, 1.165) is 55.1 Å². The lowest BCUT2D eigenvalue weighted by molar-refractivity contribution is 0.129. The van der Waals surface area contributed by atoms with Crippen LogP contribution in [-0.4, -0.2) is 46.5 Å². The van der Waals surface area contributed by atoms with E-state index in [-0.39, 0.29) is 24.0 Å². The number of hydrogen-bond acceptors (Lipinski definition) is 4. The molecule has 0 saturated carbocycles. The summed E-state index contributed by atoms with van der Waals surface area (Å²) in [4.78, 5) is 4.64. The zero-order valence-electron chi connectivity index (χ0n) is 16.8. The third-order valence-corrected chi connectivity index (χ3v) is 4.25. The van der Waals surface area contributed by atoms with E-state index >= 15 is 0 Å². The van der Waals surface area contributed by atoms with Crippen molar-refractivity contribution in [3.05, 3.63) is 22.2 Å². The summed E-state index contributed by atoms with van der Waals surface area (Å²) in [5, 5.41) is 6.60. The van der Waals surface area contributed by atoms with Crippen LogP contribution in [0, 0.1) is 0 Å². The Bertz CT molecular complexity index is 559.